The normalized spacial score (nSPS) is 11.6. The standard InChI is InChI=1S/C16H16F3NO4S/c1-3-9-6-20-14-11(9)4-10(15(22)25-8-16(17,18)19)5-12(14)24-7-13(21)23-2/h4-6,20H,3,7-8H2,1-2H3. The topological polar surface area (TPSA) is 68.4 Å². The number of carbonyl (C=O) groups excluding carboxylic acids is 2. The molecule has 136 valence electrons. The molecule has 0 atom stereocenters. The number of aryl methyl sites for hydroxylation is 1. The van der Waals surface area contributed by atoms with E-state index in [4.69, 9.17) is 4.74 Å². The molecule has 1 aromatic carbocycles. The van der Waals surface area contributed by atoms with Crippen molar-refractivity contribution >= 4 is 33.7 Å². The van der Waals surface area contributed by atoms with Crippen LogP contribution in [0.15, 0.2) is 18.3 Å². The molecule has 0 aliphatic rings. The van der Waals surface area contributed by atoms with Crippen LogP contribution in [0.5, 0.6) is 5.75 Å². The summed E-state index contributed by atoms with van der Waals surface area (Å²) in [5, 5.41) is -0.0498. The van der Waals surface area contributed by atoms with Gasteiger partial charge in [-0.05, 0) is 24.1 Å². The Labute approximate surface area is 145 Å². The van der Waals surface area contributed by atoms with Crippen LogP contribution in [0.25, 0.3) is 10.9 Å². The molecule has 0 fully saturated rings. The monoisotopic (exact) mass is 375 g/mol. The second-order valence-electron chi connectivity index (χ2n) is 5.12. The van der Waals surface area contributed by atoms with Gasteiger partial charge in [0.15, 0.2) is 6.61 Å². The molecule has 0 radical (unpaired) electrons. The van der Waals surface area contributed by atoms with Gasteiger partial charge >= 0.3 is 12.1 Å². The number of carbonyl (C=O) groups is 2. The first kappa shape index (κ1) is 19.2. The van der Waals surface area contributed by atoms with Crippen LogP contribution in [0.3, 0.4) is 0 Å². The number of alkyl halides is 3. The van der Waals surface area contributed by atoms with E-state index in [1.54, 1.807) is 6.20 Å². The Balaban J connectivity index is 2.36. The van der Waals surface area contributed by atoms with Crippen molar-refractivity contribution in [3.63, 3.8) is 0 Å². The Morgan fingerprint density at radius 1 is 1.28 bits per heavy atom. The zero-order valence-electron chi connectivity index (χ0n) is 13.5. The minimum atomic E-state index is -4.43. The summed E-state index contributed by atoms with van der Waals surface area (Å²) in [6, 6.07) is 2.86. The maximum Gasteiger partial charge on any atom is 0.398 e. The van der Waals surface area contributed by atoms with Gasteiger partial charge in [-0.25, -0.2) is 4.79 Å². The van der Waals surface area contributed by atoms with Crippen molar-refractivity contribution in [1.82, 2.24) is 4.98 Å². The maximum atomic E-state index is 12.3. The molecule has 0 aliphatic carbocycles. The fourth-order valence-corrected chi connectivity index (χ4v) is 2.78. The van der Waals surface area contributed by atoms with Crippen LogP contribution in [0.1, 0.15) is 22.8 Å². The molecule has 0 amide bonds. The Hall–Kier alpha value is -2.16. The number of aromatic nitrogens is 1. The van der Waals surface area contributed by atoms with Gasteiger partial charge < -0.3 is 14.5 Å². The van der Waals surface area contributed by atoms with Crippen molar-refractivity contribution in [2.24, 2.45) is 0 Å². The van der Waals surface area contributed by atoms with Crippen LogP contribution < -0.4 is 4.74 Å². The summed E-state index contributed by atoms with van der Waals surface area (Å²) in [5.41, 5.74) is 1.53. The van der Waals surface area contributed by atoms with Crippen LogP contribution in [-0.2, 0) is 16.0 Å². The highest BCUT2D eigenvalue weighted by atomic mass is 32.2. The minimum Gasteiger partial charge on any atom is -0.480 e. The number of H-pyrrole nitrogens is 1. The van der Waals surface area contributed by atoms with Crippen LogP contribution in [-0.4, -0.2) is 41.7 Å². The van der Waals surface area contributed by atoms with Gasteiger partial charge in [-0.3, -0.25) is 4.79 Å². The predicted molar refractivity (Wildman–Crippen MR) is 88.0 cm³/mol. The molecule has 0 bridgehead atoms. The summed E-state index contributed by atoms with van der Waals surface area (Å²) < 4.78 is 46.9. The third-order valence-corrected chi connectivity index (χ3v) is 4.37. The lowest BCUT2D eigenvalue weighted by atomic mass is 10.1. The van der Waals surface area contributed by atoms with Gasteiger partial charge in [0, 0.05) is 17.1 Å². The molecule has 1 heterocycles. The lowest BCUT2D eigenvalue weighted by Crippen LogP contribution is -2.14. The number of rotatable bonds is 6. The molecule has 0 aliphatic heterocycles. The largest absolute Gasteiger partial charge is 0.480 e. The van der Waals surface area contributed by atoms with Gasteiger partial charge in [0.05, 0.1) is 18.4 Å². The van der Waals surface area contributed by atoms with Crippen molar-refractivity contribution in [1.29, 1.82) is 0 Å². The highest BCUT2D eigenvalue weighted by molar-refractivity contribution is 8.14. The number of hydrogen-bond donors (Lipinski definition) is 1. The number of ether oxygens (including phenoxy) is 2. The van der Waals surface area contributed by atoms with E-state index in [1.165, 1.54) is 19.2 Å². The summed E-state index contributed by atoms with van der Waals surface area (Å²) >= 11 is 0.177. The average molecular weight is 375 g/mol. The molecule has 5 nitrogen and oxygen atoms in total. The van der Waals surface area contributed by atoms with Crippen LogP contribution >= 0.6 is 11.8 Å². The molecule has 2 rings (SSSR count). The molecular weight excluding hydrogens is 359 g/mol. The molecule has 0 unspecified atom stereocenters. The van der Waals surface area contributed by atoms with E-state index in [0.717, 1.165) is 5.56 Å². The zero-order valence-corrected chi connectivity index (χ0v) is 14.3. The summed E-state index contributed by atoms with van der Waals surface area (Å²) in [7, 11) is 1.21. The highest BCUT2D eigenvalue weighted by Crippen LogP contribution is 2.32. The summed E-state index contributed by atoms with van der Waals surface area (Å²) in [5.74, 6) is -1.67. The third kappa shape index (κ3) is 4.91. The van der Waals surface area contributed by atoms with Gasteiger partial charge in [-0.2, -0.15) is 13.2 Å². The minimum absolute atomic E-state index is 0.0796. The van der Waals surface area contributed by atoms with Crippen LogP contribution in [0.4, 0.5) is 13.2 Å². The number of esters is 1. The van der Waals surface area contributed by atoms with Crippen molar-refractivity contribution in [3.8, 4) is 5.75 Å². The van der Waals surface area contributed by atoms with E-state index in [9.17, 15) is 22.8 Å². The number of thioether (sulfide) groups is 1. The smallest absolute Gasteiger partial charge is 0.398 e. The fourth-order valence-electron chi connectivity index (χ4n) is 2.21. The summed E-state index contributed by atoms with van der Waals surface area (Å²) in [6.45, 7) is 1.53. The highest BCUT2D eigenvalue weighted by Gasteiger charge is 2.29. The quantitative estimate of drug-likeness (QED) is 0.780. The summed E-state index contributed by atoms with van der Waals surface area (Å²) in [6.07, 6.45) is -2.05. The van der Waals surface area contributed by atoms with Gasteiger partial charge in [-0.15, -0.1) is 0 Å². The number of benzene rings is 1. The number of aromatic amines is 1. The average Bonchev–Trinajstić information content (AvgIpc) is 2.99. The molecule has 0 saturated carbocycles. The van der Waals surface area contributed by atoms with E-state index in [2.05, 4.69) is 9.72 Å². The molecular formula is C16H16F3NO4S. The molecule has 0 spiro atoms. The maximum absolute atomic E-state index is 12.3. The molecule has 1 N–H and O–H groups in total. The zero-order chi connectivity index (χ0) is 18.6. The van der Waals surface area contributed by atoms with E-state index in [1.807, 2.05) is 6.92 Å². The molecule has 0 saturated heterocycles. The molecule has 2 aromatic rings. The second kappa shape index (κ2) is 7.81. The van der Waals surface area contributed by atoms with Crippen molar-refractivity contribution < 1.29 is 32.2 Å². The van der Waals surface area contributed by atoms with Crippen molar-refractivity contribution in [2.45, 2.75) is 19.5 Å². The lowest BCUT2D eigenvalue weighted by Gasteiger charge is -2.10. The number of halogens is 3. The first-order valence-corrected chi connectivity index (χ1v) is 8.31. The van der Waals surface area contributed by atoms with E-state index in [0.29, 0.717) is 17.3 Å². The Bertz CT molecular complexity index is 786. The number of hydrogen-bond acceptors (Lipinski definition) is 5. The van der Waals surface area contributed by atoms with Gasteiger partial charge in [-0.1, -0.05) is 18.7 Å². The predicted octanol–water partition coefficient (Wildman–Crippen LogP) is 3.72. The van der Waals surface area contributed by atoms with Gasteiger partial charge in [0.1, 0.15) is 5.75 Å². The van der Waals surface area contributed by atoms with E-state index < -0.39 is 23.0 Å². The molecule has 1 aromatic heterocycles. The molecule has 9 heteroatoms. The SMILES string of the molecule is CCc1c[nH]c2c(OCC(=O)OC)cc(C(=O)SCC(F)(F)F)cc12. The number of fused-ring (bicyclic) bond motifs is 1. The summed E-state index contributed by atoms with van der Waals surface area (Å²) in [4.78, 5) is 26.4. The first-order valence-electron chi connectivity index (χ1n) is 7.32. The Kier molecular flexibility index (Phi) is 5.99. The number of methoxy groups -OCH3 is 1. The third-order valence-electron chi connectivity index (χ3n) is 3.40. The number of nitrogens with one attached hydrogen (secondary N) is 1. The molecule has 25 heavy (non-hydrogen) atoms. The van der Waals surface area contributed by atoms with E-state index in [-0.39, 0.29) is 29.7 Å². The fraction of sp³-hybridized carbons (Fsp3) is 0.375. The van der Waals surface area contributed by atoms with Crippen LogP contribution in [0.2, 0.25) is 0 Å². The Morgan fingerprint density at radius 3 is 2.60 bits per heavy atom. The van der Waals surface area contributed by atoms with E-state index >= 15 is 0 Å². The van der Waals surface area contributed by atoms with Crippen molar-refractivity contribution in [2.75, 3.05) is 19.5 Å². The van der Waals surface area contributed by atoms with Crippen LogP contribution in [0, 0.1) is 0 Å². The lowest BCUT2D eigenvalue weighted by molar-refractivity contribution is -0.142. The van der Waals surface area contributed by atoms with Gasteiger partial charge in [0.2, 0.25) is 5.12 Å². The Morgan fingerprint density at radius 2 is 2.00 bits per heavy atom. The first-order chi connectivity index (χ1) is 11.7. The second-order valence-corrected chi connectivity index (χ2v) is 6.07. The van der Waals surface area contributed by atoms with Crippen molar-refractivity contribution in [3.05, 3.63) is 29.5 Å². The van der Waals surface area contributed by atoms with Gasteiger partial charge in [0.25, 0.3) is 0 Å².